The number of rotatable bonds is 7. The van der Waals surface area contributed by atoms with E-state index in [0.717, 1.165) is 49.8 Å². The molecule has 186 valence electrons. The van der Waals surface area contributed by atoms with Crippen molar-refractivity contribution in [2.24, 2.45) is 0 Å². The molecule has 0 unspecified atom stereocenters. The Morgan fingerprint density at radius 2 is 1.72 bits per heavy atom. The number of benzene rings is 1. The van der Waals surface area contributed by atoms with Crippen molar-refractivity contribution >= 4 is 23.8 Å². The topological polar surface area (TPSA) is 104 Å². The Balaban J connectivity index is 1.14. The summed E-state index contributed by atoms with van der Waals surface area (Å²) in [5.41, 5.74) is 3.30. The smallest absolute Gasteiger partial charge is 0.416 e. The van der Waals surface area contributed by atoms with E-state index in [1.54, 1.807) is 18.6 Å². The van der Waals surface area contributed by atoms with Crippen molar-refractivity contribution in [2.45, 2.75) is 19.6 Å². The third kappa shape index (κ3) is 5.60. The average molecular weight is 488 g/mol. The molecule has 2 aromatic heterocycles. The SMILES string of the molecule is CC(=O)NC[C@H]1CN(c2ccc(-c3ccc(CN4CCN(c5ncccn5)CC4)cc3)cn2)C(=O)O1. The Kier molecular flexibility index (Phi) is 7.03. The van der Waals surface area contributed by atoms with E-state index < -0.39 is 6.09 Å². The molecule has 2 fully saturated rings. The molecule has 0 aliphatic carbocycles. The number of hydrogen-bond acceptors (Lipinski definition) is 8. The van der Waals surface area contributed by atoms with Crippen LogP contribution in [0.15, 0.2) is 61.1 Å². The first-order chi connectivity index (χ1) is 17.5. The minimum atomic E-state index is -0.452. The first kappa shape index (κ1) is 23.7. The van der Waals surface area contributed by atoms with Gasteiger partial charge in [-0.1, -0.05) is 24.3 Å². The van der Waals surface area contributed by atoms with Gasteiger partial charge in [0.05, 0.1) is 13.1 Å². The predicted octanol–water partition coefficient (Wildman–Crippen LogP) is 2.32. The highest BCUT2D eigenvalue weighted by Crippen LogP contribution is 2.24. The van der Waals surface area contributed by atoms with Crippen molar-refractivity contribution in [2.75, 3.05) is 49.1 Å². The van der Waals surface area contributed by atoms with Crippen LogP contribution < -0.4 is 15.1 Å². The van der Waals surface area contributed by atoms with Crippen LogP contribution in [0.25, 0.3) is 11.1 Å². The van der Waals surface area contributed by atoms with Gasteiger partial charge in [0.25, 0.3) is 0 Å². The van der Waals surface area contributed by atoms with E-state index in [1.165, 1.54) is 17.4 Å². The summed E-state index contributed by atoms with van der Waals surface area (Å²) in [6.45, 7) is 6.75. The minimum absolute atomic E-state index is 0.154. The lowest BCUT2D eigenvalue weighted by molar-refractivity contribution is -0.119. The summed E-state index contributed by atoms with van der Waals surface area (Å²) in [6, 6.07) is 14.1. The summed E-state index contributed by atoms with van der Waals surface area (Å²) in [6.07, 6.45) is 4.50. The number of anilines is 2. The van der Waals surface area contributed by atoms with E-state index >= 15 is 0 Å². The molecule has 2 amide bonds. The maximum absolute atomic E-state index is 12.2. The molecule has 2 aliphatic rings. The lowest BCUT2D eigenvalue weighted by Gasteiger charge is -2.34. The number of carbonyl (C=O) groups is 2. The standard InChI is InChI=1S/C26H29N7O3/c1-19(34)29-16-23-18-33(26(35)36-23)24-8-7-22(15-30-24)21-5-3-20(4-6-21)17-31-11-13-32(14-12-31)25-27-9-2-10-28-25/h2-10,15,23H,11-14,16-18H2,1H3,(H,29,34)/t23-/m0/s1. The molecule has 36 heavy (non-hydrogen) atoms. The van der Waals surface area contributed by atoms with Crippen molar-refractivity contribution in [1.82, 2.24) is 25.2 Å². The van der Waals surface area contributed by atoms with Gasteiger partial charge in [-0.3, -0.25) is 14.6 Å². The van der Waals surface area contributed by atoms with E-state index in [0.29, 0.717) is 18.9 Å². The van der Waals surface area contributed by atoms with E-state index in [1.807, 2.05) is 18.2 Å². The lowest BCUT2D eigenvalue weighted by atomic mass is 10.1. The van der Waals surface area contributed by atoms with Gasteiger partial charge in [0.1, 0.15) is 11.9 Å². The number of nitrogens with one attached hydrogen (secondary N) is 1. The molecule has 2 aliphatic heterocycles. The summed E-state index contributed by atoms with van der Waals surface area (Å²) in [5.74, 6) is 1.18. The highest BCUT2D eigenvalue weighted by atomic mass is 16.6. The number of aromatic nitrogens is 3. The van der Waals surface area contributed by atoms with Gasteiger partial charge in [0, 0.05) is 63.8 Å². The van der Waals surface area contributed by atoms with Gasteiger partial charge in [-0.25, -0.2) is 19.7 Å². The highest BCUT2D eigenvalue weighted by Gasteiger charge is 2.33. The number of pyridine rings is 1. The zero-order chi connectivity index (χ0) is 24.9. The van der Waals surface area contributed by atoms with E-state index in [-0.39, 0.29) is 12.0 Å². The third-order valence-corrected chi connectivity index (χ3v) is 6.38. The van der Waals surface area contributed by atoms with Crippen molar-refractivity contribution in [3.05, 3.63) is 66.6 Å². The van der Waals surface area contributed by atoms with Gasteiger partial charge in [-0.2, -0.15) is 0 Å². The van der Waals surface area contributed by atoms with Crippen LogP contribution in [0, 0.1) is 0 Å². The Morgan fingerprint density at radius 3 is 2.39 bits per heavy atom. The van der Waals surface area contributed by atoms with Crippen molar-refractivity contribution in [3.8, 4) is 11.1 Å². The normalized spacial score (nSPS) is 18.2. The molecule has 5 rings (SSSR count). The van der Waals surface area contributed by atoms with Crippen molar-refractivity contribution < 1.29 is 14.3 Å². The van der Waals surface area contributed by atoms with Gasteiger partial charge in [-0.15, -0.1) is 0 Å². The second-order valence-electron chi connectivity index (χ2n) is 8.97. The molecule has 4 heterocycles. The Bertz CT molecular complexity index is 1180. The number of piperazine rings is 1. The fourth-order valence-corrected chi connectivity index (χ4v) is 4.41. The van der Waals surface area contributed by atoms with Crippen LogP contribution in [0.5, 0.6) is 0 Å². The van der Waals surface area contributed by atoms with E-state index in [4.69, 9.17) is 4.74 Å². The Morgan fingerprint density at radius 1 is 1.00 bits per heavy atom. The summed E-state index contributed by atoms with van der Waals surface area (Å²) in [5, 5.41) is 2.68. The minimum Gasteiger partial charge on any atom is -0.442 e. The van der Waals surface area contributed by atoms with Crippen LogP contribution in [-0.4, -0.2) is 77.2 Å². The highest BCUT2D eigenvalue weighted by molar-refractivity contribution is 5.89. The number of cyclic esters (lactones) is 1. The number of carbonyl (C=O) groups excluding carboxylic acids is 2. The molecule has 0 spiro atoms. The molecule has 10 nitrogen and oxygen atoms in total. The number of nitrogens with zero attached hydrogens (tertiary/aromatic N) is 6. The molecule has 1 N–H and O–H groups in total. The molecule has 1 aromatic carbocycles. The average Bonchev–Trinajstić information content (AvgIpc) is 3.29. The summed E-state index contributed by atoms with van der Waals surface area (Å²) in [4.78, 5) is 42.7. The third-order valence-electron chi connectivity index (χ3n) is 6.38. The maximum atomic E-state index is 12.2. The summed E-state index contributed by atoms with van der Waals surface area (Å²) >= 11 is 0. The monoisotopic (exact) mass is 487 g/mol. The van der Waals surface area contributed by atoms with Gasteiger partial charge in [0.15, 0.2) is 0 Å². The summed E-state index contributed by atoms with van der Waals surface area (Å²) < 4.78 is 5.32. The number of ether oxygens (including phenoxy) is 1. The molecule has 0 radical (unpaired) electrons. The van der Waals surface area contributed by atoms with Crippen LogP contribution in [-0.2, 0) is 16.1 Å². The molecule has 0 saturated carbocycles. The van der Waals surface area contributed by atoms with Crippen LogP contribution in [0.2, 0.25) is 0 Å². The van der Waals surface area contributed by atoms with Crippen molar-refractivity contribution in [1.29, 1.82) is 0 Å². The predicted molar refractivity (Wildman–Crippen MR) is 135 cm³/mol. The molecule has 0 bridgehead atoms. The van der Waals surface area contributed by atoms with Gasteiger partial charge >= 0.3 is 6.09 Å². The van der Waals surface area contributed by atoms with Crippen molar-refractivity contribution in [3.63, 3.8) is 0 Å². The largest absolute Gasteiger partial charge is 0.442 e. The zero-order valence-corrected chi connectivity index (χ0v) is 20.2. The lowest BCUT2D eigenvalue weighted by Crippen LogP contribution is -2.46. The van der Waals surface area contributed by atoms with Crippen LogP contribution >= 0.6 is 0 Å². The second-order valence-corrected chi connectivity index (χ2v) is 8.97. The second kappa shape index (κ2) is 10.7. The fourth-order valence-electron chi connectivity index (χ4n) is 4.41. The van der Waals surface area contributed by atoms with Crippen LogP contribution in [0.1, 0.15) is 12.5 Å². The molecular weight excluding hydrogens is 458 g/mol. The molecule has 3 aromatic rings. The van der Waals surface area contributed by atoms with E-state index in [2.05, 4.69) is 54.3 Å². The number of hydrogen-bond donors (Lipinski definition) is 1. The number of amides is 2. The molecule has 10 heteroatoms. The maximum Gasteiger partial charge on any atom is 0.416 e. The fraction of sp³-hybridized carbons (Fsp3) is 0.346. The quantitative estimate of drug-likeness (QED) is 0.542. The first-order valence-electron chi connectivity index (χ1n) is 12.1. The van der Waals surface area contributed by atoms with Gasteiger partial charge in [-0.05, 0) is 29.3 Å². The zero-order valence-electron chi connectivity index (χ0n) is 20.2. The first-order valence-corrected chi connectivity index (χ1v) is 12.1. The van der Waals surface area contributed by atoms with Gasteiger partial charge < -0.3 is 15.0 Å². The van der Waals surface area contributed by atoms with E-state index in [9.17, 15) is 9.59 Å². The molecule has 1 atom stereocenters. The van der Waals surface area contributed by atoms with Gasteiger partial charge in [0.2, 0.25) is 11.9 Å². The van der Waals surface area contributed by atoms with Crippen LogP contribution in [0.3, 0.4) is 0 Å². The molecule has 2 saturated heterocycles. The van der Waals surface area contributed by atoms with Crippen LogP contribution in [0.4, 0.5) is 16.6 Å². The Hall–Kier alpha value is -4.05. The Labute approximate surface area is 209 Å². The molecular formula is C26H29N7O3. The summed E-state index contributed by atoms with van der Waals surface area (Å²) in [7, 11) is 0.